The van der Waals surface area contributed by atoms with Gasteiger partial charge in [0.25, 0.3) is 0 Å². The van der Waals surface area contributed by atoms with Crippen molar-refractivity contribution in [3.05, 3.63) is 30.2 Å². The Labute approximate surface area is 117 Å². The first kappa shape index (κ1) is 14.4. The SMILES string of the molecule is CCOC(=O)n1ccc2c(F)c(OC(C)(C)C)ccc21. The molecule has 0 saturated heterocycles. The van der Waals surface area contributed by atoms with Gasteiger partial charge in [-0.25, -0.2) is 9.18 Å². The first-order chi connectivity index (χ1) is 9.33. The molecule has 0 fully saturated rings. The van der Waals surface area contributed by atoms with E-state index >= 15 is 0 Å². The summed E-state index contributed by atoms with van der Waals surface area (Å²) in [6, 6.07) is 4.71. The maximum Gasteiger partial charge on any atom is 0.418 e. The molecule has 1 aromatic heterocycles. The zero-order valence-electron chi connectivity index (χ0n) is 12.1. The van der Waals surface area contributed by atoms with E-state index in [9.17, 15) is 9.18 Å². The van der Waals surface area contributed by atoms with E-state index in [1.807, 2.05) is 20.8 Å². The first-order valence-electron chi connectivity index (χ1n) is 6.49. The molecule has 0 bridgehead atoms. The predicted octanol–water partition coefficient (Wildman–Crippen LogP) is 3.96. The molecule has 0 saturated carbocycles. The van der Waals surface area contributed by atoms with Crippen LogP contribution in [-0.2, 0) is 4.74 Å². The molecule has 0 radical (unpaired) electrons. The van der Waals surface area contributed by atoms with Crippen molar-refractivity contribution in [3.63, 3.8) is 0 Å². The van der Waals surface area contributed by atoms with Crippen molar-refractivity contribution in [2.75, 3.05) is 6.61 Å². The zero-order valence-corrected chi connectivity index (χ0v) is 12.1. The number of carbonyl (C=O) groups excluding carboxylic acids is 1. The van der Waals surface area contributed by atoms with Crippen LogP contribution in [0.5, 0.6) is 5.75 Å². The molecule has 0 aliphatic heterocycles. The highest BCUT2D eigenvalue weighted by Gasteiger charge is 2.19. The topological polar surface area (TPSA) is 40.5 Å². The Hall–Kier alpha value is -2.04. The number of hydrogen-bond donors (Lipinski definition) is 0. The van der Waals surface area contributed by atoms with Crippen LogP contribution >= 0.6 is 0 Å². The number of carbonyl (C=O) groups is 1. The summed E-state index contributed by atoms with van der Waals surface area (Å²) in [4.78, 5) is 11.7. The van der Waals surface area contributed by atoms with Gasteiger partial charge in [0.1, 0.15) is 5.60 Å². The van der Waals surface area contributed by atoms with Crippen LogP contribution < -0.4 is 4.74 Å². The molecular formula is C15H18FNO3. The van der Waals surface area contributed by atoms with Gasteiger partial charge in [-0.2, -0.15) is 0 Å². The highest BCUT2D eigenvalue weighted by Crippen LogP contribution is 2.29. The molecule has 0 amide bonds. The third kappa shape index (κ3) is 2.76. The highest BCUT2D eigenvalue weighted by molar-refractivity contribution is 5.90. The van der Waals surface area contributed by atoms with Crippen molar-refractivity contribution in [1.82, 2.24) is 4.57 Å². The highest BCUT2D eigenvalue weighted by atomic mass is 19.1. The average Bonchev–Trinajstić information content (AvgIpc) is 2.76. The molecule has 2 aromatic rings. The van der Waals surface area contributed by atoms with E-state index in [2.05, 4.69) is 0 Å². The van der Waals surface area contributed by atoms with Crippen molar-refractivity contribution in [3.8, 4) is 5.75 Å². The van der Waals surface area contributed by atoms with Gasteiger partial charge >= 0.3 is 6.09 Å². The summed E-state index contributed by atoms with van der Waals surface area (Å²) in [6.07, 6.45) is 0.971. The predicted molar refractivity (Wildman–Crippen MR) is 74.7 cm³/mol. The summed E-state index contributed by atoms with van der Waals surface area (Å²) in [7, 11) is 0. The van der Waals surface area contributed by atoms with Gasteiger partial charge in [-0.15, -0.1) is 0 Å². The summed E-state index contributed by atoms with van der Waals surface area (Å²) in [6.45, 7) is 7.53. The Morgan fingerprint density at radius 3 is 2.60 bits per heavy atom. The van der Waals surface area contributed by atoms with Gasteiger partial charge in [0.15, 0.2) is 11.6 Å². The van der Waals surface area contributed by atoms with Crippen LogP contribution in [-0.4, -0.2) is 22.9 Å². The Bertz CT molecular complexity index is 640. The Kier molecular flexibility index (Phi) is 3.70. The van der Waals surface area contributed by atoms with Gasteiger partial charge < -0.3 is 9.47 Å². The fourth-order valence-electron chi connectivity index (χ4n) is 1.92. The Morgan fingerprint density at radius 2 is 2.00 bits per heavy atom. The third-order valence-corrected chi connectivity index (χ3v) is 2.65. The molecule has 0 atom stereocenters. The number of halogens is 1. The van der Waals surface area contributed by atoms with E-state index in [0.717, 1.165) is 0 Å². The van der Waals surface area contributed by atoms with Gasteiger partial charge in [-0.3, -0.25) is 4.57 Å². The van der Waals surface area contributed by atoms with Crippen LogP contribution in [0, 0.1) is 5.82 Å². The quantitative estimate of drug-likeness (QED) is 0.835. The number of nitrogens with zero attached hydrogens (tertiary/aromatic N) is 1. The van der Waals surface area contributed by atoms with Gasteiger partial charge in [0, 0.05) is 11.6 Å². The number of rotatable bonds is 2. The second-order valence-corrected chi connectivity index (χ2v) is 5.41. The van der Waals surface area contributed by atoms with Crippen LogP contribution in [0.15, 0.2) is 24.4 Å². The Balaban J connectivity index is 2.46. The second kappa shape index (κ2) is 5.15. The normalized spacial score (nSPS) is 11.7. The maximum absolute atomic E-state index is 14.4. The fourth-order valence-corrected chi connectivity index (χ4v) is 1.92. The number of ether oxygens (including phenoxy) is 2. The summed E-state index contributed by atoms with van der Waals surface area (Å²) in [5.74, 6) is -0.299. The number of fused-ring (bicyclic) bond motifs is 1. The van der Waals surface area contributed by atoms with Crippen molar-refractivity contribution in [2.24, 2.45) is 0 Å². The van der Waals surface area contributed by atoms with Crippen LogP contribution in [0.1, 0.15) is 27.7 Å². The monoisotopic (exact) mass is 279 g/mol. The van der Waals surface area contributed by atoms with Crippen LogP contribution in [0.4, 0.5) is 9.18 Å². The first-order valence-corrected chi connectivity index (χ1v) is 6.49. The molecule has 5 heteroatoms. The molecule has 4 nitrogen and oxygen atoms in total. The fraction of sp³-hybridized carbons (Fsp3) is 0.400. The number of hydrogen-bond acceptors (Lipinski definition) is 3. The van der Waals surface area contributed by atoms with E-state index in [1.54, 1.807) is 13.0 Å². The molecule has 2 rings (SSSR count). The van der Waals surface area contributed by atoms with Crippen molar-refractivity contribution < 1.29 is 18.7 Å². The van der Waals surface area contributed by atoms with Crippen LogP contribution in [0.2, 0.25) is 0 Å². The lowest BCUT2D eigenvalue weighted by molar-refractivity contribution is 0.125. The summed E-state index contributed by atoms with van der Waals surface area (Å²) < 4.78 is 26.1. The summed E-state index contributed by atoms with van der Waals surface area (Å²) in [5.41, 5.74) is -0.0275. The average molecular weight is 279 g/mol. The van der Waals surface area contributed by atoms with E-state index < -0.39 is 17.5 Å². The van der Waals surface area contributed by atoms with Gasteiger partial charge in [-0.1, -0.05) is 0 Å². The molecule has 1 heterocycles. The van der Waals surface area contributed by atoms with Crippen LogP contribution in [0.3, 0.4) is 0 Å². The van der Waals surface area contributed by atoms with Crippen molar-refractivity contribution >= 4 is 17.0 Å². The molecule has 0 aliphatic rings. The molecule has 20 heavy (non-hydrogen) atoms. The number of benzene rings is 1. The second-order valence-electron chi connectivity index (χ2n) is 5.41. The lowest BCUT2D eigenvalue weighted by atomic mass is 10.1. The van der Waals surface area contributed by atoms with Gasteiger partial charge in [0.2, 0.25) is 0 Å². The lowest BCUT2D eigenvalue weighted by Crippen LogP contribution is -2.23. The summed E-state index contributed by atoms with van der Waals surface area (Å²) >= 11 is 0. The largest absolute Gasteiger partial charge is 0.485 e. The Morgan fingerprint density at radius 1 is 1.30 bits per heavy atom. The van der Waals surface area contributed by atoms with E-state index in [-0.39, 0.29) is 12.4 Å². The van der Waals surface area contributed by atoms with E-state index in [1.165, 1.54) is 22.9 Å². The maximum atomic E-state index is 14.4. The molecular weight excluding hydrogens is 261 g/mol. The molecule has 0 unspecified atom stereocenters. The van der Waals surface area contributed by atoms with Gasteiger partial charge in [-0.05, 0) is 45.9 Å². The minimum atomic E-state index is -0.522. The molecule has 1 aromatic carbocycles. The third-order valence-electron chi connectivity index (χ3n) is 2.65. The lowest BCUT2D eigenvalue weighted by Gasteiger charge is -2.21. The van der Waals surface area contributed by atoms with Crippen molar-refractivity contribution in [2.45, 2.75) is 33.3 Å². The standard InChI is InChI=1S/C15H18FNO3/c1-5-19-14(18)17-9-8-10-11(17)6-7-12(13(10)16)20-15(2,3)4/h6-9H,5H2,1-4H3. The van der Waals surface area contributed by atoms with E-state index in [4.69, 9.17) is 9.47 Å². The number of aromatic nitrogens is 1. The smallest absolute Gasteiger partial charge is 0.418 e. The molecule has 108 valence electrons. The van der Waals surface area contributed by atoms with Crippen LogP contribution in [0.25, 0.3) is 10.9 Å². The van der Waals surface area contributed by atoms with E-state index in [0.29, 0.717) is 10.9 Å². The molecule has 0 N–H and O–H groups in total. The summed E-state index contributed by atoms with van der Waals surface area (Å²) in [5, 5.41) is 0.333. The van der Waals surface area contributed by atoms with Crippen molar-refractivity contribution in [1.29, 1.82) is 0 Å². The molecule has 0 aliphatic carbocycles. The van der Waals surface area contributed by atoms with Gasteiger partial charge in [0.05, 0.1) is 12.1 Å². The minimum absolute atomic E-state index is 0.173. The minimum Gasteiger partial charge on any atom is -0.485 e. The zero-order chi connectivity index (χ0) is 14.9. The molecule has 0 spiro atoms.